The summed E-state index contributed by atoms with van der Waals surface area (Å²) in [5, 5.41) is 4.72. The number of amides is 1. The van der Waals surface area contributed by atoms with Crippen LogP contribution in [0.25, 0.3) is 22.0 Å². The van der Waals surface area contributed by atoms with Gasteiger partial charge < -0.3 is 10.2 Å². The Kier molecular flexibility index (Phi) is 7.26. The van der Waals surface area contributed by atoms with Gasteiger partial charge in [-0.3, -0.25) is 14.7 Å². The summed E-state index contributed by atoms with van der Waals surface area (Å²) < 4.78 is 0. The molecule has 0 spiro atoms. The van der Waals surface area contributed by atoms with Crippen LogP contribution in [0, 0.1) is 0 Å². The van der Waals surface area contributed by atoms with E-state index in [1.54, 1.807) is 0 Å². The van der Waals surface area contributed by atoms with Crippen molar-refractivity contribution in [3.63, 3.8) is 0 Å². The van der Waals surface area contributed by atoms with Crippen molar-refractivity contribution < 1.29 is 4.79 Å². The molecule has 6 rings (SSSR count). The van der Waals surface area contributed by atoms with Gasteiger partial charge in [-0.1, -0.05) is 60.1 Å². The van der Waals surface area contributed by atoms with Crippen LogP contribution in [0.1, 0.15) is 16.1 Å². The number of rotatable bonds is 6. The van der Waals surface area contributed by atoms with Gasteiger partial charge in [0.25, 0.3) is 5.91 Å². The lowest BCUT2D eigenvalue weighted by molar-refractivity contribution is 0.102. The van der Waals surface area contributed by atoms with Crippen molar-refractivity contribution in [3.05, 3.63) is 125 Å². The highest BCUT2D eigenvalue weighted by Crippen LogP contribution is 2.24. The molecular weight excluding hydrogens is 504 g/mol. The highest BCUT2D eigenvalue weighted by atomic mass is 35.5. The number of fused-ring (bicyclic) bond motifs is 1. The quantitative estimate of drug-likeness (QED) is 0.253. The van der Waals surface area contributed by atoms with Crippen LogP contribution in [0.2, 0.25) is 5.02 Å². The van der Waals surface area contributed by atoms with E-state index in [4.69, 9.17) is 16.6 Å². The molecule has 1 aliphatic rings. The number of para-hydroxylation sites is 1. The van der Waals surface area contributed by atoms with E-state index in [1.807, 2.05) is 66.7 Å². The number of piperazine rings is 1. The predicted octanol–water partition coefficient (Wildman–Crippen LogP) is 7.13. The molecule has 0 saturated carbocycles. The number of nitrogens with zero attached hydrogens (tertiary/aromatic N) is 3. The molecule has 1 aliphatic heterocycles. The highest BCUT2D eigenvalue weighted by Gasteiger charge is 2.18. The fraction of sp³-hybridized carbons (Fsp3) is 0.152. The minimum absolute atomic E-state index is 0.142. The zero-order valence-corrected chi connectivity index (χ0v) is 22.3. The summed E-state index contributed by atoms with van der Waals surface area (Å²) in [6.45, 7) is 4.90. The topological polar surface area (TPSA) is 48.5 Å². The molecule has 1 fully saturated rings. The van der Waals surface area contributed by atoms with Crippen molar-refractivity contribution in [1.82, 2.24) is 9.88 Å². The number of carbonyl (C=O) groups is 1. The zero-order valence-electron chi connectivity index (χ0n) is 21.6. The normalized spacial score (nSPS) is 13.9. The Balaban J connectivity index is 1.07. The summed E-state index contributed by atoms with van der Waals surface area (Å²) in [6.07, 6.45) is 0. The average molecular weight is 533 g/mol. The third kappa shape index (κ3) is 5.95. The van der Waals surface area contributed by atoms with Crippen molar-refractivity contribution in [1.29, 1.82) is 0 Å². The number of pyridine rings is 1. The smallest absolute Gasteiger partial charge is 0.255 e. The van der Waals surface area contributed by atoms with Gasteiger partial charge in [-0.25, -0.2) is 0 Å². The highest BCUT2D eigenvalue weighted by molar-refractivity contribution is 6.30. The number of hydrogen-bond donors (Lipinski definition) is 1. The number of carbonyl (C=O) groups excluding carboxylic acids is 1. The second kappa shape index (κ2) is 11.3. The lowest BCUT2D eigenvalue weighted by Gasteiger charge is -2.36. The first-order valence-electron chi connectivity index (χ1n) is 13.2. The van der Waals surface area contributed by atoms with E-state index in [9.17, 15) is 4.79 Å². The molecule has 0 atom stereocenters. The molecule has 5 nitrogen and oxygen atoms in total. The maximum absolute atomic E-state index is 12.9. The van der Waals surface area contributed by atoms with Gasteiger partial charge in [0.1, 0.15) is 0 Å². The molecular formula is C33H29ClN4O. The largest absolute Gasteiger partial charge is 0.369 e. The van der Waals surface area contributed by atoms with Crippen LogP contribution in [-0.2, 0) is 6.54 Å². The van der Waals surface area contributed by atoms with Gasteiger partial charge in [0.05, 0.1) is 11.2 Å². The first kappa shape index (κ1) is 25.1. The lowest BCUT2D eigenvalue weighted by atomic mass is 10.0. The summed E-state index contributed by atoms with van der Waals surface area (Å²) in [6, 6.07) is 35.9. The molecule has 2 heterocycles. The van der Waals surface area contributed by atoms with Crippen LogP contribution in [-0.4, -0.2) is 42.0 Å². The molecule has 0 bridgehead atoms. The molecule has 39 heavy (non-hydrogen) atoms. The third-order valence-corrected chi connectivity index (χ3v) is 7.46. The van der Waals surface area contributed by atoms with Crippen LogP contribution in [0.15, 0.2) is 109 Å². The first-order chi connectivity index (χ1) is 19.1. The van der Waals surface area contributed by atoms with Crippen LogP contribution in [0.4, 0.5) is 11.4 Å². The molecule has 4 aromatic carbocycles. The minimum Gasteiger partial charge on any atom is -0.369 e. The first-order valence-corrected chi connectivity index (χ1v) is 13.6. The second-order valence-corrected chi connectivity index (χ2v) is 10.3. The van der Waals surface area contributed by atoms with Gasteiger partial charge in [0, 0.05) is 60.1 Å². The summed E-state index contributed by atoms with van der Waals surface area (Å²) in [5.74, 6) is -0.142. The summed E-state index contributed by atoms with van der Waals surface area (Å²) in [7, 11) is 0. The molecule has 0 unspecified atom stereocenters. The van der Waals surface area contributed by atoms with Gasteiger partial charge in [-0.15, -0.1) is 0 Å². The number of anilines is 2. The summed E-state index contributed by atoms with van der Waals surface area (Å²) in [4.78, 5) is 22.7. The fourth-order valence-corrected chi connectivity index (χ4v) is 5.15. The molecule has 5 aromatic rings. The molecule has 1 N–H and O–H groups in total. The Hall–Kier alpha value is -4.19. The number of aromatic nitrogens is 1. The SMILES string of the molecule is O=C(Nc1ccc2nc(CN3CCN(c4ccccc4)CC3)ccc2c1)c1ccc(-c2ccc(Cl)cc2)cc1. The van der Waals surface area contributed by atoms with E-state index in [0.29, 0.717) is 10.6 Å². The number of nitrogens with one attached hydrogen (secondary N) is 1. The van der Waals surface area contributed by atoms with Gasteiger partial charge in [-0.05, 0) is 71.8 Å². The minimum atomic E-state index is -0.142. The van der Waals surface area contributed by atoms with Gasteiger partial charge in [0.2, 0.25) is 0 Å². The Labute approximate surface area is 233 Å². The van der Waals surface area contributed by atoms with Crippen LogP contribution in [0.5, 0.6) is 0 Å². The van der Waals surface area contributed by atoms with E-state index in [2.05, 4.69) is 57.6 Å². The standard InChI is InChI=1S/C33H29ClN4O/c34-28-13-10-25(11-14-28)24-6-8-26(9-7-24)33(39)36-29-16-17-32-27(22-29)12-15-30(35-32)23-37-18-20-38(21-19-37)31-4-2-1-3-5-31/h1-17,22H,18-21,23H2,(H,36,39). The Morgan fingerprint density at radius 1 is 0.769 bits per heavy atom. The van der Waals surface area contributed by atoms with Crippen LogP contribution in [0.3, 0.4) is 0 Å². The number of benzene rings is 4. The van der Waals surface area contributed by atoms with E-state index in [1.165, 1.54) is 5.69 Å². The van der Waals surface area contributed by atoms with E-state index < -0.39 is 0 Å². The van der Waals surface area contributed by atoms with Gasteiger partial charge in [0.15, 0.2) is 0 Å². The maximum Gasteiger partial charge on any atom is 0.255 e. The monoisotopic (exact) mass is 532 g/mol. The Bertz CT molecular complexity index is 1580. The van der Waals surface area contributed by atoms with Crippen molar-refractivity contribution in [2.24, 2.45) is 0 Å². The molecule has 1 aromatic heterocycles. The van der Waals surface area contributed by atoms with Gasteiger partial charge in [-0.2, -0.15) is 0 Å². The number of halogens is 1. The van der Waals surface area contributed by atoms with Crippen molar-refractivity contribution in [2.75, 3.05) is 36.4 Å². The van der Waals surface area contributed by atoms with Crippen LogP contribution < -0.4 is 10.2 Å². The third-order valence-electron chi connectivity index (χ3n) is 7.21. The molecule has 0 radical (unpaired) electrons. The van der Waals surface area contributed by atoms with Gasteiger partial charge >= 0.3 is 0 Å². The zero-order chi connectivity index (χ0) is 26.6. The molecule has 1 amide bonds. The molecule has 6 heteroatoms. The number of hydrogen-bond acceptors (Lipinski definition) is 4. The van der Waals surface area contributed by atoms with E-state index >= 15 is 0 Å². The molecule has 194 valence electrons. The second-order valence-electron chi connectivity index (χ2n) is 9.85. The fourth-order valence-electron chi connectivity index (χ4n) is 5.03. The summed E-state index contributed by atoms with van der Waals surface area (Å²) in [5.41, 5.74) is 6.73. The molecule has 0 aliphatic carbocycles. The van der Waals surface area contributed by atoms with E-state index in [-0.39, 0.29) is 5.91 Å². The van der Waals surface area contributed by atoms with Crippen molar-refractivity contribution >= 4 is 39.8 Å². The predicted molar refractivity (Wildman–Crippen MR) is 161 cm³/mol. The lowest BCUT2D eigenvalue weighted by Crippen LogP contribution is -2.46. The van der Waals surface area contributed by atoms with Crippen molar-refractivity contribution in [2.45, 2.75) is 6.54 Å². The molecule has 1 saturated heterocycles. The summed E-state index contributed by atoms with van der Waals surface area (Å²) >= 11 is 5.99. The van der Waals surface area contributed by atoms with Crippen molar-refractivity contribution in [3.8, 4) is 11.1 Å². The van der Waals surface area contributed by atoms with Crippen LogP contribution >= 0.6 is 11.6 Å². The Morgan fingerprint density at radius 3 is 2.18 bits per heavy atom. The average Bonchev–Trinajstić information content (AvgIpc) is 2.98. The Morgan fingerprint density at radius 2 is 1.46 bits per heavy atom. The maximum atomic E-state index is 12.9. The van der Waals surface area contributed by atoms with E-state index in [0.717, 1.165) is 66.1 Å².